The van der Waals surface area contributed by atoms with E-state index in [1.807, 2.05) is 30.3 Å². The average Bonchev–Trinajstić information content (AvgIpc) is 3.00. The third-order valence-corrected chi connectivity index (χ3v) is 4.10. The standard InChI is InChI=1S/C19H20O2/c1-2-14-5-3-8-18(11-14)21-13-19(20)17-10-9-15-6-4-7-16(15)12-17/h3,5,8-12H,2,4,6-7,13H2,1H3. The summed E-state index contributed by atoms with van der Waals surface area (Å²) in [4.78, 5) is 12.2. The van der Waals surface area contributed by atoms with Crippen molar-refractivity contribution in [1.29, 1.82) is 0 Å². The SMILES string of the molecule is CCc1cccc(OCC(=O)c2ccc3c(c2)CCC3)c1. The fraction of sp³-hybridized carbons (Fsp3) is 0.316. The van der Waals surface area contributed by atoms with Crippen LogP contribution in [0.25, 0.3) is 0 Å². The molecular weight excluding hydrogens is 260 g/mol. The van der Waals surface area contributed by atoms with E-state index < -0.39 is 0 Å². The smallest absolute Gasteiger partial charge is 0.200 e. The largest absolute Gasteiger partial charge is 0.485 e. The molecule has 2 aromatic carbocycles. The summed E-state index contributed by atoms with van der Waals surface area (Å²) in [6, 6.07) is 14.0. The second kappa shape index (κ2) is 6.13. The molecule has 0 bridgehead atoms. The van der Waals surface area contributed by atoms with E-state index in [9.17, 15) is 4.79 Å². The van der Waals surface area contributed by atoms with Crippen molar-refractivity contribution in [2.45, 2.75) is 32.6 Å². The van der Waals surface area contributed by atoms with Gasteiger partial charge in [-0.25, -0.2) is 0 Å². The number of fused-ring (bicyclic) bond motifs is 1. The predicted octanol–water partition coefficient (Wildman–Crippen LogP) is 4.00. The van der Waals surface area contributed by atoms with Crippen molar-refractivity contribution < 1.29 is 9.53 Å². The van der Waals surface area contributed by atoms with E-state index in [-0.39, 0.29) is 12.4 Å². The molecule has 0 atom stereocenters. The van der Waals surface area contributed by atoms with Gasteiger partial charge in [0.05, 0.1) is 0 Å². The van der Waals surface area contributed by atoms with Crippen molar-refractivity contribution in [1.82, 2.24) is 0 Å². The molecular formula is C19H20O2. The maximum atomic E-state index is 12.2. The zero-order valence-electron chi connectivity index (χ0n) is 12.4. The number of Topliss-reactive ketones (excluding diaryl/α,β-unsaturated/α-hetero) is 1. The normalized spacial score (nSPS) is 13.0. The minimum Gasteiger partial charge on any atom is -0.485 e. The molecule has 0 aromatic heterocycles. The second-order valence-corrected chi connectivity index (χ2v) is 5.55. The molecule has 0 spiro atoms. The highest BCUT2D eigenvalue weighted by Crippen LogP contribution is 2.23. The molecule has 1 aliphatic rings. The van der Waals surface area contributed by atoms with E-state index in [4.69, 9.17) is 4.74 Å². The molecule has 108 valence electrons. The summed E-state index contributed by atoms with van der Waals surface area (Å²) in [5, 5.41) is 0. The van der Waals surface area contributed by atoms with E-state index in [1.54, 1.807) is 0 Å². The van der Waals surface area contributed by atoms with Crippen molar-refractivity contribution in [3.8, 4) is 5.75 Å². The van der Waals surface area contributed by atoms with Gasteiger partial charge in [-0.1, -0.05) is 31.2 Å². The van der Waals surface area contributed by atoms with Gasteiger partial charge in [0, 0.05) is 5.56 Å². The fourth-order valence-corrected chi connectivity index (χ4v) is 2.83. The molecule has 1 aliphatic carbocycles. The minimum absolute atomic E-state index is 0.0478. The van der Waals surface area contributed by atoms with Crippen molar-refractivity contribution in [2.24, 2.45) is 0 Å². The first kappa shape index (κ1) is 13.9. The van der Waals surface area contributed by atoms with Crippen molar-refractivity contribution in [2.75, 3.05) is 6.61 Å². The Hall–Kier alpha value is -2.09. The fourth-order valence-electron chi connectivity index (χ4n) is 2.83. The van der Waals surface area contributed by atoms with Crippen LogP contribution in [0.1, 0.15) is 40.4 Å². The number of hydrogen-bond donors (Lipinski definition) is 0. The molecule has 0 saturated carbocycles. The summed E-state index contributed by atoms with van der Waals surface area (Å²) in [5.41, 5.74) is 4.71. The lowest BCUT2D eigenvalue weighted by Gasteiger charge is -2.08. The molecule has 2 aromatic rings. The molecule has 0 unspecified atom stereocenters. The summed E-state index contributed by atoms with van der Waals surface area (Å²) in [6.07, 6.45) is 4.41. The van der Waals surface area contributed by atoms with Crippen molar-refractivity contribution in [3.05, 3.63) is 64.7 Å². The monoisotopic (exact) mass is 280 g/mol. The van der Waals surface area contributed by atoms with Crippen LogP contribution in [-0.4, -0.2) is 12.4 Å². The molecule has 0 N–H and O–H groups in total. The summed E-state index contributed by atoms with van der Waals surface area (Å²) < 4.78 is 5.63. The zero-order valence-corrected chi connectivity index (χ0v) is 12.4. The van der Waals surface area contributed by atoms with Gasteiger partial charge >= 0.3 is 0 Å². The maximum Gasteiger partial charge on any atom is 0.200 e. The van der Waals surface area contributed by atoms with Gasteiger partial charge in [0.15, 0.2) is 12.4 Å². The third-order valence-electron chi connectivity index (χ3n) is 4.10. The topological polar surface area (TPSA) is 26.3 Å². The molecule has 21 heavy (non-hydrogen) atoms. The van der Waals surface area contributed by atoms with Crippen LogP contribution in [0.15, 0.2) is 42.5 Å². The number of carbonyl (C=O) groups is 1. The number of rotatable bonds is 5. The molecule has 0 heterocycles. The Balaban J connectivity index is 1.66. The average molecular weight is 280 g/mol. The van der Waals surface area contributed by atoms with Crippen molar-refractivity contribution >= 4 is 5.78 Å². The van der Waals surface area contributed by atoms with Crippen molar-refractivity contribution in [3.63, 3.8) is 0 Å². The predicted molar refractivity (Wildman–Crippen MR) is 84.1 cm³/mol. The lowest BCUT2D eigenvalue weighted by Crippen LogP contribution is -2.12. The second-order valence-electron chi connectivity index (χ2n) is 5.55. The number of carbonyl (C=O) groups excluding carboxylic acids is 1. The van der Waals surface area contributed by atoms with Crippen LogP contribution < -0.4 is 4.74 Å². The Bertz CT molecular complexity index is 658. The molecule has 0 amide bonds. The van der Waals surface area contributed by atoms with Gasteiger partial charge in [0.25, 0.3) is 0 Å². The molecule has 2 heteroatoms. The van der Waals surface area contributed by atoms with Crippen LogP contribution in [0.3, 0.4) is 0 Å². The molecule has 0 saturated heterocycles. The minimum atomic E-state index is 0.0478. The highest BCUT2D eigenvalue weighted by molar-refractivity contribution is 5.97. The number of ether oxygens (including phenoxy) is 1. The van der Waals surface area contributed by atoms with E-state index >= 15 is 0 Å². The Kier molecular flexibility index (Phi) is 4.05. The van der Waals surface area contributed by atoms with Gasteiger partial charge in [0.1, 0.15) is 5.75 Å². The van der Waals surface area contributed by atoms with Crippen LogP contribution in [-0.2, 0) is 19.3 Å². The zero-order chi connectivity index (χ0) is 14.7. The summed E-state index contributed by atoms with van der Waals surface area (Å²) in [5.74, 6) is 0.815. The van der Waals surface area contributed by atoms with Gasteiger partial charge in [-0.15, -0.1) is 0 Å². The Morgan fingerprint density at radius 1 is 1.10 bits per heavy atom. The summed E-state index contributed by atoms with van der Waals surface area (Å²) in [7, 11) is 0. The lowest BCUT2D eigenvalue weighted by molar-refractivity contribution is 0.0921. The Morgan fingerprint density at radius 2 is 1.95 bits per heavy atom. The van der Waals surface area contributed by atoms with Crippen LogP contribution in [0.2, 0.25) is 0 Å². The molecule has 0 aliphatic heterocycles. The van der Waals surface area contributed by atoms with Crippen LogP contribution in [0, 0.1) is 0 Å². The number of ketones is 1. The van der Waals surface area contributed by atoms with E-state index in [1.165, 1.54) is 23.1 Å². The van der Waals surface area contributed by atoms with Gasteiger partial charge in [-0.2, -0.15) is 0 Å². The Morgan fingerprint density at radius 3 is 2.81 bits per heavy atom. The van der Waals surface area contributed by atoms with E-state index in [0.717, 1.165) is 30.6 Å². The van der Waals surface area contributed by atoms with Gasteiger partial charge in [-0.05, 0) is 60.6 Å². The van der Waals surface area contributed by atoms with Crippen LogP contribution in [0.4, 0.5) is 0 Å². The van der Waals surface area contributed by atoms with Gasteiger partial charge in [-0.3, -0.25) is 4.79 Å². The quantitative estimate of drug-likeness (QED) is 0.774. The highest BCUT2D eigenvalue weighted by Gasteiger charge is 2.14. The van der Waals surface area contributed by atoms with Gasteiger partial charge in [0.2, 0.25) is 0 Å². The molecule has 2 nitrogen and oxygen atoms in total. The number of aryl methyl sites for hydroxylation is 3. The van der Waals surface area contributed by atoms with E-state index in [2.05, 4.69) is 19.1 Å². The molecule has 0 radical (unpaired) electrons. The van der Waals surface area contributed by atoms with Gasteiger partial charge < -0.3 is 4.74 Å². The lowest BCUT2D eigenvalue weighted by atomic mass is 10.0. The first-order valence-corrected chi connectivity index (χ1v) is 7.63. The first-order chi connectivity index (χ1) is 10.3. The third kappa shape index (κ3) is 3.15. The van der Waals surface area contributed by atoms with E-state index in [0.29, 0.717) is 0 Å². The first-order valence-electron chi connectivity index (χ1n) is 7.63. The number of hydrogen-bond acceptors (Lipinski definition) is 2. The molecule has 3 rings (SSSR count). The van der Waals surface area contributed by atoms with Crippen LogP contribution >= 0.6 is 0 Å². The summed E-state index contributed by atoms with van der Waals surface area (Å²) in [6.45, 7) is 2.21. The Labute approximate surface area is 125 Å². The number of benzene rings is 2. The van der Waals surface area contributed by atoms with Crippen LogP contribution in [0.5, 0.6) is 5.75 Å². The molecule has 0 fully saturated rings. The highest BCUT2D eigenvalue weighted by atomic mass is 16.5. The maximum absolute atomic E-state index is 12.2. The summed E-state index contributed by atoms with van der Waals surface area (Å²) >= 11 is 0.